The van der Waals surface area contributed by atoms with Gasteiger partial charge in [-0.05, 0) is 30.9 Å². The summed E-state index contributed by atoms with van der Waals surface area (Å²) < 4.78 is 26.9. The van der Waals surface area contributed by atoms with Crippen LogP contribution in [0.5, 0.6) is 0 Å². The molecular weight excluding hydrogens is 321 g/mol. The number of aliphatic hydroxyl groups excluding tert-OH is 1. The van der Waals surface area contributed by atoms with Gasteiger partial charge in [-0.1, -0.05) is 36.0 Å². The van der Waals surface area contributed by atoms with Crippen molar-refractivity contribution in [2.75, 3.05) is 6.54 Å². The number of nitrogens with one attached hydrogen (secondary N) is 1. The Morgan fingerprint density at radius 2 is 2.00 bits per heavy atom. The number of sulfonamides is 1. The monoisotopic (exact) mass is 337 g/mol. The summed E-state index contributed by atoms with van der Waals surface area (Å²) in [7, 11) is -3.67. The minimum Gasteiger partial charge on any atom is -0.392 e. The summed E-state index contributed by atoms with van der Waals surface area (Å²) in [6.45, 7) is -0.00501. The van der Waals surface area contributed by atoms with Crippen molar-refractivity contribution in [3.8, 4) is 0 Å². The molecule has 1 aromatic rings. The van der Waals surface area contributed by atoms with Crippen molar-refractivity contribution in [2.24, 2.45) is 5.92 Å². The van der Waals surface area contributed by atoms with E-state index in [1.54, 1.807) is 0 Å². The zero-order valence-corrected chi connectivity index (χ0v) is 13.2. The highest BCUT2D eigenvalue weighted by molar-refractivity contribution is 7.89. The van der Waals surface area contributed by atoms with Gasteiger partial charge in [-0.25, -0.2) is 13.1 Å². The first-order chi connectivity index (χ1) is 9.45. The van der Waals surface area contributed by atoms with Gasteiger partial charge in [0.2, 0.25) is 10.0 Å². The van der Waals surface area contributed by atoms with E-state index in [1.807, 2.05) is 0 Å². The summed E-state index contributed by atoms with van der Waals surface area (Å²) in [4.78, 5) is -0.0426. The van der Waals surface area contributed by atoms with Crippen molar-refractivity contribution in [3.05, 3.63) is 27.7 Å². The predicted molar refractivity (Wildman–Crippen MR) is 79.5 cm³/mol. The van der Waals surface area contributed by atoms with E-state index in [0.717, 1.165) is 18.8 Å². The molecular formula is C13H17Cl2NO3S. The summed E-state index contributed by atoms with van der Waals surface area (Å²) in [5, 5.41) is 9.42. The molecule has 0 aliphatic heterocycles. The van der Waals surface area contributed by atoms with Crippen molar-refractivity contribution in [3.63, 3.8) is 0 Å². The van der Waals surface area contributed by atoms with Crippen LogP contribution in [-0.2, 0) is 16.6 Å². The SMILES string of the molecule is O=S(=O)(NCCCC1CC1)c1ccc(Cl)c(CO)c1Cl. The highest BCUT2D eigenvalue weighted by Crippen LogP contribution is 2.33. The molecule has 1 fully saturated rings. The second-order valence-electron chi connectivity index (χ2n) is 4.98. The normalized spacial score (nSPS) is 15.6. The first-order valence-corrected chi connectivity index (χ1v) is 8.77. The molecule has 0 atom stereocenters. The molecule has 4 nitrogen and oxygen atoms in total. The van der Waals surface area contributed by atoms with E-state index in [-0.39, 0.29) is 20.5 Å². The first kappa shape index (κ1) is 16.0. The van der Waals surface area contributed by atoms with Crippen LogP contribution in [-0.4, -0.2) is 20.1 Å². The lowest BCUT2D eigenvalue weighted by Gasteiger charge is -2.11. The zero-order chi connectivity index (χ0) is 14.8. The summed E-state index contributed by atoms with van der Waals surface area (Å²) in [6.07, 6.45) is 4.39. The van der Waals surface area contributed by atoms with E-state index in [2.05, 4.69) is 4.72 Å². The van der Waals surface area contributed by atoms with E-state index in [9.17, 15) is 13.5 Å². The van der Waals surface area contributed by atoms with E-state index >= 15 is 0 Å². The Morgan fingerprint density at radius 1 is 1.30 bits per heavy atom. The molecule has 2 N–H and O–H groups in total. The van der Waals surface area contributed by atoms with Gasteiger partial charge in [0.05, 0.1) is 11.6 Å². The number of rotatable bonds is 7. The Hall–Kier alpha value is -0.330. The third-order valence-corrected chi connectivity index (χ3v) is 5.78. The van der Waals surface area contributed by atoms with Gasteiger partial charge in [0.15, 0.2) is 0 Å². The second-order valence-corrected chi connectivity index (χ2v) is 7.50. The van der Waals surface area contributed by atoms with Crippen LogP contribution in [0.4, 0.5) is 0 Å². The lowest BCUT2D eigenvalue weighted by Crippen LogP contribution is -2.25. The molecule has 2 rings (SSSR count). The molecule has 1 saturated carbocycles. The average molecular weight is 338 g/mol. The van der Waals surface area contributed by atoms with Gasteiger partial charge in [-0.15, -0.1) is 0 Å². The smallest absolute Gasteiger partial charge is 0.242 e. The molecule has 0 radical (unpaired) electrons. The predicted octanol–water partition coefficient (Wildman–Crippen LogP) is 2.95. The maximum absolute atomic E-state index is 12.2. The fourth-order valence-electron chi connectivity index (χ4n) is 2.01. The molecule has 7 heteroatoms. The van der Waals surface area contributed by atoms with Gasteiger partial charge >= 0.3 is 0 Å². The van der Waals surface area contributed by atoms with Crippen molar-refractivity contribution >= 4 is 33.2 Å². The van der Waals surface area contributed by atoms with Crippen LogP contribution < -0.4 is 4.72 Å². The van der Waals surface area contributed by atoms with Crippen LogP contribution in [0.25, 0.3) is 0 Å². The Balaban J connectivity index is 2.07. The first-order valence-electron chi connectivity index (χ1n) is 6.53. The van der Waals surface area contributed by atoms with Crippen molar-refractivity contribution in [1.29, 1.82) is 0 Å². The number of hydrogen-bond acceptors (Lipinski definition) is 3. The van der Waals surface area contributed by atoms with Gasteiger partial charge < -0.3 is 5.11 Å². The standard InChI is InChI=1S/C13H17Cl2NO3S/c14-11-5-6-12(13(15)10(11)8-17)20(18,19)16-7-1-2-9-3-4-9/h5-6,9,16-17H,1-4,7-8H2. The number of aliphatic hydroxyl groups is 1. The fraction of sp³-hybridized carbons (Fsp3) is 0.538. The van der Waals surface area contributed by atoms with Crippen LogP contribution >= 0.6 is 23.2 Å². The van der Waals surface area contributed by atoms with Gasteiger partial charge in [0.1, 0.15) is 4.90 Å². The molecule has 0 aromatic heterocycles. The highest BCUT2D eigenvalue weighted by Gasteiger charge is 2.23. The van der Waals surface area contributed by atoms with Crippen LogP contribution in [0, 0.1) is 5.92 Å². The fourth-order valence-corrected chi connectivity index (χ4v) is 3.98. The quantitative estimate of drug-likeness (QED) is 0.751. The Kier molecular flexibility index (Phi) is 5.31. The average Bonchev–Trinajstić information content (AvgIpc) is 3.19. The topological polar surface area (TPSA) is 66.4 Å². The molecule has 0 bridgehead atoms. The third-order valence-electron chi connectivity index (χ3n) is 3.38. The van der Waals surface area contributed by atoms with Gasteiger partial charge in [-0.2, -0.15) is 0 Å². The molecule has 0 unspecified atom stereocenters. The molecule has 1 aromatic carbocycles. The van der Waals surface area contributed by atoms with Gasteiger partial charge in [0, 0.05) is 17.1 Å². The van der Waals surface area contributed by atoms with Gasteiger partial charge in [-0.3, -0.25) is 0 Å². The van der Waals surface area contributed by atoms with E-state index in [4.69, 9.17) is 23.2 Å². The summed E-state index contributed by atoms with van der Waals surface area (Å²) in [5.41, 5.74) is 0.231. The molecule has 0 amide bonds. The van der Waals surface area contributed by atoms with Crippen molar-refractivity contribution in [1.82, 2.24) is 4.72 Å². The summed E-state index contributed by atoms with van der Waals surface area (Å²) in [6, 6.07) is 2.78. The summed E-state index contributed by atoms with van der Waals surface area (Å²) >= 11 is 11.9. The largest absolute Gasteiger partial charge is 0.392 e. The van der Waals surface area contributed by atoms with Crippen LogP contribution in [0.2, 0.25) is 10.0 Å². The highest BCUT2D eigenvalue weighted by atomic mass is 35.5. The Labute approximate surface area is 129 Å². The molecule has 0 heterocycles. The van der Waals surface area contributed by atoms with E-state index < -0.39 is 16.6 Å². The number of halogens is 2. The molecule has 0 spiro atoms. The number of hydrogen-bond donors (Lipinski definition) is 2. The maximum Gasteiger partial charge on any atom is 0.242 e. The third kappa shape index (κ3) is 3.86. The molecule has 0 saturated heterocycles. The van der Waals surface area contributed by atoms with E-state index in [1.165, 1.54) is 25.0 Å². The lowest BCUT2D eigenvalue weighted by atomic mass is 10.2. The minimum atomic E-state index is -3.67. The van der Waals surface area contributed by atoms with Crippen molar-refractivity contribution < 1.29 is 13.5 Å². The molecule has 112 valence electrons. The van der Waals surface area contributed by atoms with Crippen LogP contribution in [0.1, 0.15) is 31.2 Å². The molecule has 20 heavy (non-hydrogen) atoms. The molecule has 1 aliphatic carbocycles. The lowest BCUT2D eigenvalue weighted by molar-refractivity contribution is 0.281. The zero-order valence-electron chi connectivity index (χ0n) is 10.9. The Bertz CT molecular complexity index is 586. The van der Waals surface area contributed by atoms with Crippen LogP contribution in [0.3, 0.4) is 0 Å². The minimum absolute atomic E-state index is 0.0188. The van der Waals surface area contributed by atoms with Crippen LogP contribution in [0.15, 0.2) is 17.0 Å². The Morgan fingerprint density at radius 3 is 2.60 bits per heavy atom. The van der Waals surface area contributed by atoms with Crippen molar-refractivity contribution in [2.45, 2.75) is 37.2 Å². The molecule has 1 aliphatic rings. The number of benzene rings is 1. The second kappa shape index (κ2) is 6.62. The van der Waals surface area contributed by atoms with E-state index in [0.29, 0.717) is 6.54 Å². The summed E-state index contributed by atoms with van der Waals surface area (Å²) in [5.74, 6) is 0.777. The maximum atomic E-state index is 12.2. The van der Waals surface area contributed by atoms with Gasteiger partial charge in [0.25, 0.3) is 0 Å².